The van der Waals surface area contributed by atoms with Crippen LogP contribution < -0.4 is 5.73 Å². The molecule has 0 aliphatic heterocycles. The molecule has 0 aliphatic carbocycles. The fourth-order valence-electron chi connectivity index (χ4n) is 1.56. The van der Waals surface area contributed by atoms with Crippen molar-refractivity contribution in [3.63, 3.8) is 0 Å². The Bertz CT molecular complexity index is 301. The first-order valence-electron chi connectivity index (χ1n) is 6.23. The molecule has 1 atom stereocenters. The van der Waals surface area contributed by atoms with Crippen LogP contribution in [0.3, 0.4) is 0 Å². The van der Waals surface area contributed by atoms with Crippen molar-refractivity contribution in [2.75, 3.05) is 26.4 Å². The molecular weight excluding hydrogens is 234 g/mol. The number of aryl methyl sites for hydroxylation is 1. The molecule has 0 saturated heterocycles. The van der Waals surface area contributed by atoms with E-state index in [1.807, 2.05) is 0 Å². The van der Waals surface area contributed by atoms with E-state index in [1.165, 1.54) is 16.9 Å². The van der Waals surface area contributed by atoms with E-state index >= 15 is 0 Å². The van der Waals surface area contributed by atoms with Crippen molar-refractivity contribution in [2.24, 2.45) is 5.73 Å². The second kappa shape index (κ2) is 8.64. The highest BCUT2D eigenvalue weighted by Crippen LogP contribution is 2.25. The Morgan fingerprint density at radius 2 is 2.18 bits per heavy atom. The van der Waals surface area contributed by atoms with Gasteiger partial charge in [-0.3, -0.25) is 0 Å². The summed E-state index contributed by atoms with van der Waals surface area (Å²) in [6.45, 7) is 6.87. The van der Waals surface area contributed by atoms with E-state index in [2.05, 4.69) is 25.3 Å². The molecule has 3 nitrogen and oxygen atoms in total. The number of hydrogen-bond donors (Lipinski definition) is 1. The number of ether oxygens (including phenoxy) is 2. The Morgan fingerprint density at radius 3 is 2.76 bits per heavy atom. The van der Waals surface area contributed by atoms with Gasteiger partial charge in [-0.1, -0.05) is 13.3 Å². The van der Waals surface area contributed by atoms with Gasteiger partial charge < -0.3 is 15.2 Å². The second-order valence-electron chi connectivity index (χ2n) is 4.03. The van der Waals surface area contributed by atoms with Crippen LogP contribution in [0.15, 0.2) is 11.4 Å². The van der Waals surface area contributed by atoms with Gasteiger partial charge in [-0.05, 0) is 30.4 Å². The first-order chi connectivity index (χ1) is 8.29. The van der Waals surface area contributed by atoms with Gasteiger partial charge >= 0.3 is 0 Å². The van der Waals surface area contributed by atoms with Crippen LogP contribution in [-0.2, 0) is 9.47 Å². The highest BCUT2D eigenvalue weighted by Gasteiger charge is 2.13. The lowest BCUT2D eigenvalue weighted by atomic mass is 10.2. The Kier molecular flexibility index (Phi) is 7.44. The Hall–Kier alpha value is -0.420. The third-order valence-electron chi connectivity index (χ3n) is 2.60. The van der Waals surface area contributed by atoms with Crippen molar-refractivity contribution in [3.8, 4) is 0 Å². The lowest BCUT2D eigenvalue weighted by Crippen LogP contribution is -2.18. The van der Waals surface area contributed by atoms with Gasteiger partial charge in [0.2, 0.25) is 0 Å². The summed E-state index contributed by atoms with van der Waals surface area (Å²) in [5, 5.41) is 2.08. The van der Waals surface area contributed by atoms with Crippen molar-refractivity contribution >= 4 is 11.3 Å². The maximum atomic E-state index is 5.76. The molecular formula is C13H23NO2S. The molecule has 98 valence electrons. The number of nitrogens with two attached hydrogens (primary N) is 1. The van der Waals surface area contributed by atoms with E-state index in [0.29, 0.717) is 19.8 Å². The lowest BCUT2D eigenvalue weighted by Gasteiger charge is -2.15. The van der Waals surface area contributed by atoms with Gasteiger partial charge in [0.1, 0.15) is 6.10 Å². The molecule has 0 saturated carbocycles. The topological polar surface area (TPSA) is 44.5 Å². The smallest absolute Gasteiger partial charge is 0.104 e. The summed E-state index contributed by atoms with van der Waals surface area (Å²) < 4.78 is 11.2. The fraction of sp³-hybridized carbons (Fsp3) is 0.692. The summed E-state index contributed by atoms with van der Waals surface area (Å²) >= 11 is 1.71. The minimum absolute atomic E-state index is 0.0183. The third kappa shape index (κ3) is 5.17. The van der Waals surface area contributed by atoms with E-state index in [9.17, 15) is 0 Å². The van der Waals surface area contributed by atoms with Gasteiger partial charge in [-0.15, -0.1) is 11.3 Å². The fourth-order valence-corrected chi connectivity index (χ4v) is 2.55. The second-order valence-corrected chi connectivity index (χ2v) is 4.98. The lowest BCUT2D eigenvalue weighted by molar-refractivity contribution is 0.00814. The Labute approximate surface area is 108 Å². The van der Waals surface area contributed by atoms with Crippen LogP contribution in [0, 0.1) is 6.92 Å². The van der Waals surface area contributed by atoms with Crippen molar-refractivity contribution in [3.05, 3.63) is 21.9 Å². The molecule has 1 aromatic heterocycles. The number of unbranched alkanes of at least 4 members (excludes halogenated alkanes) is 1. The monoisotopic (exact) mass is 257 g/mol. The van der Waals surface area contributed by atoms with Crippen LogP contribution in [0.4, 0.5) is 0 Å². The van der Waals surface area contributed by atoms with Crippen LogP contribution >= 0.6 is 11.3 Å². The molecule has 0 aromatic carbocycles. The Morgan fingerprint density at radius 1 is 1.35 bits per heavy atom. The minimum atomic E-state index is 0.0183. The number of thiophene rings is 1. The summed E-state index contributed by atoms with van der Waals surface area (Å²) in [4.78, 5) is 1.24. The quantitative estimate of drug-likeness (QED) is 0.692. The zero-order valence-corrected chi connectivity index (χ0v) is 11.6. The standard InChI is InChI=1S/C13H23NO2S/c1-3-4-6-15-7-8-16-12(10-14)13-11(2)5-9-17-13/h5,9,12H,3-4,6-8,10,14H2,1-2H3. The zero-order chi connectivity index (χ0) is 12.5. The average Bonchev–Trinajstić information content (AvgIpc) is 2.75. The number of rotatable bonds is 9. The van der Waals surface area contributed by atoms with Gasteiger partial charge in [0.15, 0.2) is 0 Å². The molecule has 17 heavy (non-hydrogen) atoms. The van der Waals surface area contributed by atoms with E-state index in [0.717, 1.165) is 13.0 Å². The van der Waals surface area contributed by atoms with E-state index in [4.69, 9.17) is 15.2 Å². The molecule has 2 N–H and O–H groups in total. The molecule has 1 rings (SSSR count). The molecule has 0 spiro atoms. The predicted octanol–water partition coefficient (Wildman–Crippen LogP) is 2.89. The average molecular weight is 257 g/mol. The van der Waals surface area contributed by atoms with E-state index < -0.39 is 0 Å². The summed E-state index contributed by atoms with van der Waals surface area (Å²) in [6.07, 6.45) is 2.30. The molecule has 1 unspecified atom stereocenters. The molecule has 0 aliphatic rings. The summed E-state index contributed by atoms with van der Waals surface area (Å²) in [5.74, 6) is 0. The van der Waals surface area contributed by atoms with Gasteiger partial charge in [-0.2, -0.15) is 0 Å². The molecule has 1 heterocycles. The highest BCUT2D eigenvalue weighted by atomic mass is 32.1. The van der Waals surface area contributed by atoms with Crippen LogP contribution in [0.25, 0.3) is 0 Å². The van der Waals surface area contributed by atoms with Crippen LogP contribution in [0.5, 0.6) is 0 Å². The van der Waals surface area contributed by atoms with Gasteiger partial charge in [0.25, 0.3) is 0 Å². The number of hydrogen-bond acceptors (Lipinski definition) is 4. The van der Waals surface area contributed by atoms with Gasteiger partial charge in [0.05, 0.1) is 13.2 Å². The largest absolute Gasteiger partial charge is 0.379 e. The Balaban J connectivity index is 2.22. The summed E-state index contributed by atoms with van der Waals surface area (Å²) in [6, 6.07) is 2.10. The molecule has 4 heteroatoms. The van der Waals surface area contributed by atoms with Crippen molar-refractivity contribution in [1.29, 1.82) is 0 Å². The molecule has 1 aromatic rings. The normalized spacial score (nSPS) is 12.9. The SMILES string of the molecule is CCCCOCCOC(CN)c1sccc1C. The van der Waals surface area contributed by atoms with Gasteiger partial charge in [-0.25, -0.2) is 0 Å². The molecule has 0 radical (unpaired) electrons. The predicted molar refractivity (Wildman–Crippen MR) is 72.5 cm³/mol. The summed E-state index contributed by atoms with van der Waals surface area (Å²) in [5.41, 5.74) is 7.00. The molecule has 0 fully saturated rings. The van der Waals surface area contributed by atoms with Crippen LogP contribution in [0.2, 0.25) is 0 Å². The first kappa shape index (κ1) is 14.6. The molecule has 0 bridgehead atoms. The molecule has 0 amide bonds. The van der Waals surface area contributed by atoms with Crippen molar-refractivity contribution in [2.45, 2.75) is 32.8 Å². The maximum Gasteiger partial charge on any atom is 0.104 e. The van der Waals surface area contributed by atoms with Gasteiger partial charge in [0, 0.05) is 18.0 Å². The van der Waals surface area contributed by atoms with E-state index in [1.54, 1.807) is 11.3 Å². The maximum absolute atomic E-state index is 5.76. The van der Waals surface area contributed by atoms with Crippen LogP contribution in [-0.4, -0.2) is 26.4 Å². The van der Waals surface area contributed by atoms with Crippen LogP contribution in [0.1, 0.15) is 36.3 Å². The summed E-state index contributed by atoms with van der Waals surface area (Å²) in [7, 11) is 0. The minimum Gasteiger partial charge on any atom is -0.379 e. The van der Waals surface area contributed by atoms with E-state index in [-0.39, 0.29) is 6.10 Å². The van der Waals surface area contributed by atoms with Crippen molar-refractivity contribution in [1.82, 2.24) is 0 Å². The third-order valence-corrected chi connectivity index (χ3v) is 3.71. The zero-order valence-electron chi connectivity index (χ0n) is 10.8. The highest BCUT2D eigenvalue weighted by molar-refractivity contribution is 7.10. The van der Waals surface area contributed by atoms with Crippen molar-refractivity contribution < 1.29 is 9.47 Å². The first-order valence-corrected chi connectivity index (χ1v) is 7.11.